The summed E-state index contributed by atoms with van der Waals surface area (Å²) in [5, 5.41) is 34.3. The molecule has 0 aliphatic carbocycles. The second kappa shape index (κ2) is 19.6. The lowest BCUT2D eigenvalue weighted by atomic mass is 10.2. The van der Waals surface area contributed by atoms with Crippen molar-refractivity contribution in [2.75, 3.05) is 47.2 Å². The Bertz CT molecular complexity index is 436. The lowest BCUT2D eigenvalue weighted by molar-refractivity contribution is -0.220. The molecular formula is C19H38N2O9. The van der Waals surface area contributed by atoms with Gasteiger partial charge in [0, 0.05) is 20.6 Å². The zero-order valence-electron chi connectivity index (χ0n) is 18.2. The SMILES string of the molecule is CCC(CO)OC(CO)OCC(CO)OC(/C=N\OCCCCCC(=O)NC)OC. The molecule has 0 aromatic carbocycles. The highest BCUT2D eigenvalue weighted by atomic mass is 16.7. The van der Waals surface area contributed by atoms with Gasteiger partial charge in [0.25, 0.3) is 0 Å². The van der Waals surface area contributed by atoms with E-state index in [-0.39, 0.29) is 25.7 Å². The Labute approximate surface area is 178 Å². The van der Waals surface area contributed by atoms with Crippen LogP contribution in [-0.4, -0.2) is 99.4 Å². The molecule has 0 aromatic heterocycles. The molecule has 4 N–H and O–H groups in total. The van der Waals surface area contributed by atoms with E-state index >= 15 is 0 Å². The van der Waals surface area contributed by atoms with E-state index < -0.39 is 31.4 Å². The summed E-state index contributed by atoms with van der Waals surface area (Å²) in [7, 11) is 3.03. The predicted octanol–water partition coefficient (Wildman–Crippen LogP) is -0.232. The molecule has 0 aromatic rings. The minimum Gasteiger partial charge on any atom is -0.396 e. The molecule has 1 amide bonds. The van der Waals surface area contributed by atoms with Crippen molar-refractivity contribution in [1.82, 2.24) is 5.32 Å². The van der Waals surface area contributed by atoms with Crippen LogP contribution >= 0.6 is 0 Å². The maximum absolute atomic E-state index is 11.1. The van der Waals surface area contributed by atoms with Crippen LogP contribution in [0.15, 0.2) is 5.16 Å². The molecule has 0 aliphatic heterocycles. The first kappa shape index (κ1) is 28.7. The smallest absolute Gasteiger partial charge is 0.219 e. The summed E-state index contributed by atoms with van der Waals surface area (Å²) < 4.78 is 21.5. The molecule has 30 heavy (non-hydrogen) atoms. The van der Waals surface area contributed by atoms with Gasteiger partial charge in [-0.2, -0.15) is 0 Å². The average molecular weight is 439 g/mol. The van der Waals surface area contributed by atoms with Gasteiger partial charge < -0.3 is 44.4 Å². The van der Waals surface area contributed by atoms with Crippen LogP contribution in [0.4, 0.5) is 0 Å². The number of methoxy groups -OCH3 is 1. The summed E-state index contributed by atoms with van der Waals surface area (Å²) in [5.41, 5.74) is 0. The molecule has 11 nitrogen and oxygen atoms in total. The van der Waals surface area contributed by atoms with Gasteiger partial charge in [-0.1, -0.05) is 12.1 Å². The number of hydrogen-bond acceptors (Lipinski definition) is 10. The topological polar surface area (TPSA) is 148 Å². The van der Waals surface area contributed by atoms with E-state index in [1.807, 2.05) is 6.92 Å². The summed E-state index contributed by atoms with van der Waals surface area (Å²) >= 11 is 0. The molecular weight excluding hydrogens is 400 g/mol. The summed E-state index contributed by atoms with van der Waals surface area (Å²) in [6.45, 7) is 1.22. The van der Waals surface area contributed by atoms with E-state index in [1.165, 1.54) is 13.3 Å². The molecule has 0 heterocycles. The molecule has 0 aliphatic rings. The zero-order chi connectivity index (χ0) is 22.6. The molecule has 4 unspecified atom stereocenters. The van der Waals surface area contributed by atoms with Crippen molar-refractivity contribution in [3.63, 3.8) is 0 Å². The van der Waals surface area contributed by atoms with Crippen LogP contribution < -0.4 is 5.32 Å². The van der Waals surface area contributed by atoms with Crippen molar-refractivity contribution in [3.05, 3.63) is 0 Å². The molecule has 0 rings (SSSR count). The lowest BCUT2D eigenvalue weighted by Crippen LogP contribution is -2.36. The molecule has 0 radical (unpaired) electrons. The molecule has 0 saturated heterocycles. The molecule has 0 saturated carbocycles. The second-order valence-electron chi connectivity index (χ2n) is 6.41. The summed E-state index contributed by atoms with van der Waals surface area (Å²) in [6, 6.07) is 0. The van der Waals surface area contributed by atoms with Gasteiger partial charge in [0.2, 0.25) is 5.91 Å². The van der Waals surface area contributed by atoms with Gasteiger partial charge in [0.1, 0.15) is 12.7 Å². The first-order valence-corrected chi connectivity index (χ1v) is 10.2. The van der Waals surface area contributed by atoms with Gasteiger partial charge in [0.05, 0.1) is 38.7 Å². The maximum Gasteiger partial charge on any atom is 0.219 e. The van der Waals surface area contributed by atoms with Gasteiger partial charge in [-0.25, -0.2) is 0 Å². The van der Waals surface area contributed by atoms with Crippen molar-refractivity contribution in [3.8, 4) is 0 Å². The van der Waals surface area contributed by atoms with Gasteiger partial charge in [0.15, 0.2) is 12.6 Å². The van der Waals surface area contributed by atoms with Crippen molar-refractivity contribution >= 4 is 12.1 Å². The van der Waals surface area contributed by atoms with Crippen molar-refractivity contribution in [2.24, 2.45) is 5.16 Å². The third-order valence-corrected chi connectivity index (χ3v) is 4.06. The number of rotatable bonds is 20. The highest BCUT2D eigenvalue weighted by Gasteiger charge is 2.19. The minimum atomic E-state index is -0.943. The lowest BCUT2D eigenvalue weighted by Gasteiger charge is -2.25. The van der Waals surface area contributed by atoms with Gasteiger partial charge in [-0.05, 0) is 25.7 Å². The fourth-order valence-electron chi connectivity index (χ4n) is 2.21. The normalized spacial score (nSPS) is 15.7. The molecule has 178 valence electrons. The summed E-state index contributed by atoms with van der Waals surface area (Å²) in [6.07, 6.45) is 1.74. The minimum absolute atomic E-state index is 0.0203. The number of carbonyl (C=O) groups is 1. The largest absolute Gasteiger partial charge is 0.396 e. The zero-order valence-corrected chi connectivity index (χ0v) is 18.2. The second-order valence-corrected chi connectivity index (χ2v) is 6.41. The van der Waals surface area contributed by atoms with Crippen molar-refractivity contribution in [1.29, 1.82) is 0 Å². The Morgan fingerprint density at radius 2 is 1.80 bits per heavy atom. The molecule has 0 fully saturated rings. The molecule has 0 spiro atoms. The third kappa shape index (κ3) is 14.6. The van der Waals surface area contributed by atoms with E-state index in [9.17, 15) is 15.0 Å². The number of hydrogen-bond donors (Lipinski definition) is 4. The number of aliphatic hydroxyl groups excluding tert-OH is 3. The molecule has 4 atom stereocenters. The standard InChI is InChI=1S/C19H38N2O9/c1-4-15(11-22)29-19(13-24)27-14-16(12-23)30-18(26-3)10-21-28-9-7-5-6-8-17(25)20-2/h10,15-16,18-19,22-24H,4-9,11-14H2,1-3H3,(H,20,25)/b21-10-. The van der Waals surface area contributed by atoms with Gasteiger partial charge in [-0.3, -0.25) is 4.79 Å². The Morgan fingerprint density at radius 1 is 1.07 bits per heavy atom. The van der Waals surface area contributed by atoms with Crippen LogP contribution in [0.1, 0.15) is 39.0 Å². The first-order valence-electron chi connectivity index (χ1n) is 10.2. The first-order chi connectivity index (χ1) is 14.5. The molecule has 11 heteroatoms. The number of unbranched alkanes of at least 4 members (excludes halogenated alkanes) is 2. The van der Waals surface area contributed by atoms with Crippen LogP contribution in [0, 0.1) is 0 Å². The maximum atomic E-state index is 11.1. The van der Waals surface area contributed by atoms with E-state index in [0.29, 0.717) is 19.4 Å². The quantitative estimate of drug-likeness (QED) is 0.0875. The Hall–Kier alpha value is -1.34. The Morgan fingerprint density at radius 3 is 2.37 bits per heavy atom. The summed E-state index contributed by atoms with van der Waals surface area (Å²) in [5.74, 6) is 0.0203. The Kier molecular flexibility index (Phi) is 18.7. The summed E-state index contributed by atoms with van der Waals surface area (Å²) in [4.78, 5) is 16.2. The number of oxime groups is 1. The highest BCUT2D eigenvalue weighted by molar-refractivity contribution is 5.75. The number of nitrogens with zero attached hydrogens (tertiary/aromatic N) is 1. The number of amides is 1. The third-order valence-electron chi connectivity index (χ3n) is 4.06. The fourth-order valence-corrected chi connectivity index (χ4v) is 2.21. The van der Waals surface area contributed by atoms with E-state index in [2.05, 4.69) is 10.5 Å². The monoisotopic (exact) mass is 438 g/mol. The van der Waals surface area contributed by atoms with E-state index in [0.717, 1.165) is 19.3 Å². The number of ether oxygens (including phenoxy) is 4. The van der Waals surface area contributed by atoms with Crippen LogP contribution in [0.2, 0.25) is 0 Å². The number of aliphatic hydroxyl groups is 3. The van der Waals surface area contributed by atoms with Gasteiger partial charge >= 0.3 is 0 Å². The van der Waals surface area contributed by atoms with E-state index in [4.69, 9.17) is 28.9 Å². The fraction of sp³-hybridized carbons (Fsp3) is 0.895. The Balaban J connectivity index is 4.18. The van der Waals surface area contributed by atoms with Crippen molar-refractivity contribution < 1.29 is 43.9 Å². The number of nitrogens with one attached hydrogen (secondary N) is 1. The van der Waals surface area contributed by atoms with Crippen LogP contribution in [0.5, 0.6) is 0 Å². The van der Waals surface area contributed by atoms with Gasteiger partial charge in [-0.15, -0.1) is 0 Å². The van der Waals surface area contributed by atoms with Crippen molar-refractivity contribution in [2.45, 2.75) is 63.8 Å². The van der Waals surface area contributed by atoms with Crippen LogP contribution in [-0.2, 0) is 28.6 Å². The average Bonchev–Trinajstić information content (AvgIpc) is 2.78. The molecule has 0 bridgehead atoms. The highest BCUT2D eigenvalue weighted by Crippen LogP contribution is 2.07. The van der Waals surface area contributed by atoms with Crippen LogP contribution in [0.25, 0.3) is 0 Å². The van der Waals surface area contributed by atoms with Crippen LogP contribution in [0.3, 0.4) is 0 Å². The predicted molar refractivity (Wildman–Crippen MR) is 109 cm³/mol. The van der Waals surface area contributed by atoms with E-state index in [1.54, 1.807) is 7.05 Å². The number of carbonyl (C=O) groups excluding carboxylic acids is 1.